The van der Waals surface area contributed by atoms with Gasteiger partial charge in [-0.3, -0.25) is 9.69 Å². The predicted octanol–water partition coefficient (Wildman–Crippen LogP) is 6.82. The van der Waals surface area contributed by atoms with Gasteiger partial charge in [-0.25, -0.2) is 0 Å². The van der Waals surface area contributed by atoms with Crippen molar-refractivity contribution in [2.45, 2.75) is 70.2 Å². The van der Waals surface area contributed by atoms with E-state index in [-0.39, 0.29) is 28.5 Å². The highest BCUT2D eigenvalue weighted by atomic mass is 32.1. The van der Waals surface area contributed by atoms with Gasteiger partial charge in [0.25, 0.3) is 13.5 Å². The zero-order chi connectivity index (χ0) is 33.0. The molecule has 0 unspecified atom stereocenters. The highest BCUT2D eigenvalue weighted by Crippen LogP contribution is 2.47. The van der Waals surface area contributed by atoms with E-state index >= 15 is 0 Å². The lowest BCUT2D eigenvalue weighted by Crippen LogP contribution is -2.66. The zero-order valence-electron chi connectivity index (χ0n) is 27.4. The van der Waals surface area contributed by atoms with E-state index < -0.39 is 26.1 Å². The van der Waals surface area contributed by atoms with E-state index in [1.165, 1.54) is 10.4 Å². The molecule has 0 aromatic heterocycles. The van der Waals surface area contributed by atoms with E-state index in [0.29, 0.717) is 13.0 Å². The van der Waals surface area contributed by atoms with Gasteiger partial charge in [0.2, 0.25) is 5.91 Å². The van der Waals surface area contributed by atoms with Crippen molar-refractivity contribution >= 4 is 42.0 Å². The number of amides is 1. The lowest BCUT2D eigenvalue weighted by atomic mass is 9.75. The van der Waals surface area contributed by atoms with E-state index in [0.717, 1.165) is 11.1 Å². The van der Waals surface area contributed by atoms with Crippen LogP contribution in [0.1, 0.15) is 58.6 Å². The minimum atomic E-state index is -2.76. The molecule has 5 rings (SSSR count). The normalized spacial score (nSPS) is 17.2. The summed E-state index contributed by atoms with van der Waals surface area (Å²) in [5.74, 6) is -0.254. The molecule has 0 saturated carbocycles. The van der Waals surface area contributed by atoms with Crippen LogP contribution in [-0.2, 0) is 19.6 Å². The minimum Gasteiger partial charge on any atom is -0.452 e. The van der Waals surface area contributed by atoms with Crippen molar-refractivity contribution in [2.75, 3.05) is 6.61 Å². The molecular weight excluding hydrogens is 607 g/mol. The van der Waals surface area contributed by atoms with Gasteiger partial charge in [-0.2, -0.15) is 0 Å². The quantitative estimate of drug-likeness (QED) is 0.143. The van der Waals surface area contributed by atoms with Crippen molar-refractivity contribution in [1.82, 2.24) is 4.90 Å². The van der Waals surface area contributed by atoms with Gasteiger partial charge in [-0.05, 0) is 40.0 Å². The fourth-order valence-electron chi connectivity index (χ4n) is 7.08. The van der Waals surface area contributed by atoms with Crippen LogP contribution >= 0.6 is 12.2 Å². The van der Waals surface area contributed by atoms with Gasteiger partial charge >= 0.3 is 0 Å². The van der Waals surface area contributed by atoms with Crippen LogP contribution in [0.15, 0.2) is 121 Å². The van der Waals surface area contributed by atoms with Crippen molar-refractivity contribution in [1.29, 1.82) is 0 Å². The first-order valence-electron chi connectivity index (χ1n) is 16.1. The molecule has 1 saturated heterocycles. The van der Waals surface area contributed by atoms with E-state index in [1.807, 2.05) is 72.8 Å². The molecule has 1 fully saturated rings. The Morgan fingerprint density at radius 2 is 1.28 bits per heavy atom. The van der Waals surface area contributed by atoms with Crippen molar-refractivity contribution in [3.05, 3.63) is 132 Å². The fourth-order valence-corrected chi connectivity index (χ4v) is 12.0. The van der Waals surface area contributed by atoms with Gasteiger partial charge in [0, 0.05) is 17.7 Å². The number of carbonyl (C=O) groups is 1. The summed E-state index contributed by atoms with van der Waals surface area (Å²) < 4.78 is 13.6. The Morgan fingerprint density at radius 1 is 0.848 bits per heavy atom. The summed E-state index contributed by atoms with van der Waals surface area (Å²) in [7, 11) is -2.76. The predicted molar refractivity (Wildman–Crippen MR) is 192 cm³/mol. The Morgan fingerprint density at radius 3 is 1.70 bits per heavy atom. The van der Waals surface area contributed by atoms with E-state index in [9.17, 15) is 9.90 Å². The van der Waals surface area contributed by atoms with E-state index in [1.54, 1.807) is 4.90 Å². The summed E-state index contributed by atoms with van der Waals surface area (Å²) in [6, 6.07) is 40.4. The number of hydrogen-bond donors (Lipinski definition) is 1. The van der Waals surface area contributed by atoms with Crippen LogP contribution in [0.5, 0.6) is 0 Å². The van der Waals surface area contributed by atoms with Crippen LogP contribution in [0.4, 0.5) is 0 Å². The molecule has 4 aromatic carbocycles. The van der Waals surface area contributed by atoms with Crippen molar-refractivity contribution in [3.63, 3.8) is 0 Å². The molecule has 46 heavy (non-hydrogen) atoms. The zero-order valence-corrected chi connectivity index (χ0v) is 29.2. The number of thiocarbonyl (C=S) groups is 1. The lowest BCUT2D eigenvalue weighted by molar-refractivity contribution is -0.132. The highest BCUT2D eigenvalue weighted by molar-refractivity contribution is 7.80. The van der Waals surface area contributed by atoms with Gasteiger partial charge in [-0.15, -0.1) is 0 Å². The second-order valence-corrected chi connectivity index (χ2v) is 18.1. The molecule has 1 aliphatic rings. The third-order valence-corrected chi connectivity index (χ3v) is 14.4. The van der Waals surface area contributed by atoms with E-state index in [4.69, 9.17) is 21.4 Å². The van der Waals surface area contributed by atoms with Crippen LogP contribution in [-0.4, -0.2) is 48.2 Å². The number of rotatable bonds is 11. The first-order chi connectivity index (χ1) is 22.0. The maximum Gasteiger partial charge on any atom is 0.267 e. The smallest absolute Gasteiger partial charge is 0.267 e. The summed E-state index contributed by atoms with van der Waals surface area (Å²) in [6.07, 6.45) is -0.687. The van der Waals surface area contributed by atoms with Gasteiger partial charge < -0.3 is 14.3 Å². The molecule has 0 bridgehead atoms. The van der Waals surface area contributed by atoms with Crippen LogP contribution in [0, 0.1) is 5.92 Å². The summed E-state index contributed by atoms with van der Waals surface area (Å²) in [6.45, 7) is 11.2. The summed E-state index contributed by atoms with van der Waals surface area (Å²) in [4.78, 5) is 15.7. The molecular formula is C39H45NO4SSi. The Balaban J connectivity index is 1.38. The summed E-state index contributed by atoms with van der Waals surface area (Å²) >= 11 is 5.78. The summed E-state index contributed by atoms with van der Waals surface area (Å²) in [5.41, 5.74) is 0.884. The molecule has 7 heteroatoms. The van der Waals surface area contributed by atoms with Gasteiger partial charge in [0.1, 0.15) is 0 Å². The number of carbonyl (C=O) groups excluding carboxylic acids is 1. The average molecular weight is 652 g/mol. The first kappa shape index (κ1) is 33.7. The average Bonchev–Trinajstić information content (AvgIpc) is 3.38. The fraction of sp³-hybridized carbons (Fsp3) is 0.333. The topological polar surface area (TPSA) is 59.0 Å². The second-order valence-electron chi connectivity index (χ2n) is 13.4. The maximum atomic E-state index is 14.1. The lowest BCUT2D eigenvalue weighted by Gasteiger charge is -2.43. The number of aliphatic hydroxyl groups is 1. The van der Waals surface area contributed by atoms with Crippen LogP contribution in [0.2, 0.25) is 5.04 Å². The number of ether oxygens (including phenoxy) is 1. The molecule has 1 aliphatic heterocycles. The Hall–Kier alpha value is -3.62. The van der Waals surface area contributed by atoms with Crippen LogP contribution in [0.3, 0.4) is 0 Å². The minimum absolute atomic E-state index is 0.000403. The molecule has 4 aromatic rings. The van der Waals surface area contributed by atoms with Gasteiger partial charge in [0.05, 0.1) is 18.6 Å². The first-order valence-corrected chi connectivity index (χ1v) is 18.4. The molecule has 1 amide bonds. The van der Waals surface area contributed by atoms with Gasteiger partial charge in [-0.1, -0.05) is 156 Å². The number of aliphatic hydroxyl groups excluding tert-OH is 1. The monoisotopic (exact) mass is 651 g/mol. The van der Waals surface area contributed by atoms with Crippen molar-refractivity contribution < 1.29 is 19.1 Å². The standard InChI is InChI=1S/C39H45NO4SSi/c1-29(2)36-39(30-18-10-6-11-19-30,31-20-12-7-13-21-31)44-37(45)40(36)35(42)28-32(41)26-27-43-46(38(3,4)5,33-22-14-8-15-23-33)34-24-16-9-17-25-34/h6-25,29,32,36,41H,26-28H2,1-5H3/t32-,36-/m0/s1. The second kappa shape index (κ2) is 14.0. The third kappa shape index (κ3) is 6.34. The Kier molecular flexibility index (Phi) is 10.3. The third-order valence-electron chi connectivity index (χ3n) is 9.04. The molecule has 240 valence electrons. The van der Waals surface area contributed by atoms with Crippen molar-refractivity contribution in [2.24, 2.45) is 5.92 Å². The molecule has 0 aliphatic carbocycles. The number of benzene rings is 4. The maximum absolute atomic E-state index is 14.1. The molecule has 5 nitrogen and oxygen atoms in total. The Labute approximate surface area is 280 Å². The largest absolute Gasteiger partial charge is 0.452 e. The number of nitrogens with zero attached hydrogens (tertiary/aromatic N) is 1. The van der Waals surface area contributed by atoms with Gasteiger partial charge in [0.15, 0.2) is 5.60 Å². The van der Waals surface area contributed by atoms with Crippen LogP contribution in [0.25, 0.3) is 0 Å². The number of hydrogen-bond acceptors (Lipinski definition) is 5. The molecule has 0 spiro atoms. The Bertz CT molecular complexity index is 1510. The molecule has 1 N–H and O–H groups in total. The van der Waals surface area contributed by atoms with E-state index in [2.05, 4.69) is 83.1 Å². The molecule has 2 atom stereocenters. The summed E-state index contributed by atoms with van der Waals surface area (Å²) in [5, 5.41) is 13.6. The SMILES string of the molecule is CC(C)[C@@H]1N(C(=O)C[C@@H](O)CCO[Si](c2ccccc2)(c2ccccc2)C(C)(C)C)C(=S)OC1(c1ccccc1)c1ccccc1. The molecule has 1 heterocycles. The highest BCUT2D eigenvalue weighted by Gasteiger charge is 2.57. The van der Waals surface area contributed by atoms with Crippen LogP contribution < -0.4 is 10.4 Å². The molecule has 0 radical (unpaired) electrons. The van der Waals surface area contributed by atoms with Crippen molar-refractivity contribution in [3.8, 4) is 0 Å².